The Labute approximate surface area is 153 Å². The number of amides is 2. The van der Waals surface area contributed by atoms with Crippen LogP contribution >= 0.6 is 0 Å². The van der Waals surface area contributed by atoms with Crippen LogP contribution in [-0.2, 0) is 9.53 Å². The van der Waals surface area contributed by atoms with E-state index in [9.17, 15) is 9.59 Å². The van der Waals surface area contributed by atoms with Crippen molar-refractivity contribution < 1.29 is 19.1 Å². The predicted molar refractivity (Wildman–Crippen MR) is 102 cm³/mol. The third-order valence-corrected chi connectivity index (χ3v) is 3.85. The van der Waals surface area contributed by atoms with Gasteiger partial charge in [-0.05, 0) is 48.9 Å². The third-order valence-electron chi connectivity index (χ3n) is 3.85. The maximum absolute atomic E-state index is 12.5. The van der Waals surface area contributed by atoms with Gasteiger partial charge < -0.3 is 20.1 Å². The first-order valence-corrected chi connectivity index (χ1v) is 8.47. The van der Waals surface area contributed by atoms with Crippen molar-refractivity contribution in [2.24, 2.45) is 0 Å². The molecule has 0 heterocycles. The van der Waals surface area contributed by atoms with Gasteiger partial charge >= 0.3 is 0 Å². The minimum atomic E-state index is -0.226. The number of anilines is 2. The highest BCUT2D eigenvalue weighted by molar-refractivity contribution is 6.05. The van der Waals surface area contributed by atoms with Crippen LogP contribution in [0.4, 0.5) is 11.4 Å². The lowest BCUT2D eigenvalue weighted by Crippen LogP contribution is -2.15. The molecule has 0 bridgehead atoms. The molecule has 0 fully saturated rings. The summed E-state index contributed by atoms with van der Waals surface area (Å²) in [6.07, 6.45) is 0.398. The van der Waals surface area contributed by atoms with Gasteiger partial charge in [-0.2, -0.15) is 0 Å². The summed E-state index contributed by atoms with van der Waals surface area (Å²) in [6, 6.07) is 12.3. The van der Waals surface area contributed by atoms with E-state index in [1.54, 1.807) is 50.4 Å². The lowest BCUT2D eigenvalue weighted by atomic mass is 10.1. The first-order chi connectivity index (χ1) is 12.5. The molecule has 0 aliphatic heterocycles. The van der Waals surface area contributed by atoms with Gasteiger partial charge in [-0.1, -0.05) is 13.0 Å². The number of hydrogen-bond acceptors (Lipinski definition) is 4. The summed E-state index contributed by atoms with van der Waals surface area (Å²) in [5.41, 5.74) is 2.68. The summed E-state index contributed by atoms with van der Waals surface area (Å²) >= 11 is 0. The molecule has 0 radical (unpaired) electrons. The Kier molecular flexibility index (Phi) is 7.17. The average Bonchev–Trinajstić information content (AvgIpc) is 2.65. The van der Waals surface area contributed by atoms with Crippen LogP contribution in [0.15, 0.2) is 42.5 Å². The smallest absolute Gasteiger partial charge is 0.255 e. The quantitative estimate of drug-likeness (QED) is 0.708. The largest absolute Gasteiger partial charge is 0.491 e. The van der Waals surface area contributed by atoms with Crippen LogP contribution in [-0.4, -0.2) is 32.1 Å². The van der Waals surface area contributed by atoms with E-state index in [1.165, 1.54) is 0 Å². The topological polar surface area (TPSA) is 76.7 Å². The van der Waals surface area contributed by atoms with Gasteiger partial charge in [-0.3, -0.25) is 9.59 Å². The van der Waals surface area contributed by atoms with Crippen molar-refractivity contribution in [2.45, 2.75) is 20.3 Å². The van der Waals surface area contributed by atoms with Crippen LogP contribution in [0.25, 0.3) is 0 Å². The van der Waals surface area contributed by atoms with Crippen molar-refractivity contribution in [2.75, 3.05) is 31.0 Å². The van der Waals surface area contributed by atoms with Gasteiger partial charge in [0.25, 0.3) is 5.91 Å². The first-order valence-electron chi connectivity index (χ1n) is 8.47. The highest BCUT2D eigenvalue weighted by Gasteiger charge is 2.11. The molecular weight excluding hydrogens is 332 g/mol. The number of benzene rings is 2. The molecule has 0 aromatic heterocycles. The normalized spacial score (nSPS) is 10.3. The van der Waals surface area contributed by atoms with Crippen LogP contribution in [0.2, 0.25) is 0 Å². The molecule has 0 spiro atoms. The zero-order chi connectivity index (χ0) is 18.9. The van der Waals surface area contributed by atoms with Crippen LogP contribution < -0.4 is 15.4 Å². The summed E-state index contributed by atoms with van der Waals surface area (Å²) in [5.74, 6) is 0.384. The summed E-state index contributed by atoms with van der Waals surface area (Å²) in [5, 5.41) is 5.71. The van der Waals surface area contributed by atoms with Crippen molar-refractivity contribution in [1.82, 2.24) is 0 Å². The first kappa shape index (κ1) is 19.5. The van der Waals surface area contributed by atoms with Crippen molar-refractivity contribution in [3.05, 3.63) is 53.6 Å². The molecule has 26 heavy (non-hydrogen) atoms. The average molecular weight is 356 g/mol. The third kappa shape index (κ3) is 5.32. The second-order valence-corrected chi connectivity index (χ2v) is 5.70. The Balaban J connectivity index is 2.05. The molecule has 0 unspecified atom stereocenters. The summed E-state index contributed by atoms with van der Waals surface area (Å²) < 4.78 is 10.4. The predicted octanol–water partition coefficient (Wildman–Crippen LogP) is 3.62. The molecule has 2 rings (SSSR count). The Hall–Kier alpha value is -2.86. The zero-order valence-electron chi connectivity index (χ0n) is 15.3. The standard InChI is InChI=1S/C20H24N2O4/c1-4-19(23)21-17-6-5-7-18(14(17)2)22-20(24)15-8-10-16(11-9-15)26-13-12-25-3/h5-11H,4,12-13H2,1-3H3,(H,21,23)(H,22,24). The molecule has 6 heteroatoms. The fourth-order valence-corrected chi connectivity index (χ4v) is 2.28. The van der Waals surface area contributed by atoms with E-state index >= 15 is 0 Å². The molecule has 2 N–H and O–H groups in total. The molecule has 0 saturated carbocycles. The Morgan fingerprint density at radius 3 is 2.23 bits per heavy atom. The van der Waals surface area contributed by atoms with E-state index in [2.05, 4.69) is 10.6 Å². The van der Waals surface area contributed by atoms with E-state index in [1.807, 2.05) is 13.0 Å². The summed E-state index contributed by atoms with van der Waals surface area (Å²) in [4.78, 5) is 24.1. The van der Waals surface area contributed by atoms with Crippen molar-refractivity contribution in [3.63, 3.8) is 0 Å². The maximum Gasteiger partial charge on any atom is 0.255 e. The highest BCUT2D eigenvalue weighted by Crippen LogP contribution is 2.24. The van der Waals surface area contributed by atoms with Gasteiger partial charge in [0, 0.05) is 30.5 Å². The fourth-order valence-electron chi connectivity index (χ4n) is 2.28. The van der Waals surface area contributed by atoms with Crippen molar-refractivity contribution in [1.29, 1.82) is 0 Å². The Morgan fingerprint density at radius 2 is 1.62 bits per heavy atom. The number of carbonyl (C=O) groups excluding carboxylic acids is 2. The van der Waals surface area contributed by atoms with E-state index in [0.717, 1.165) is 5.56 Å². The number of hydrogen-bond donors (Lipinski definition) is 2. The number of methoxy groups -OCH3 is 1. The van der Waals surface area contributed by atoms with Gasteiger partial charge in [-0.25, -0.2) is 0 Å². The molecule has 6 nitrogen and oxygen atoms in total. The monoisotopic (exact) mass is 356 g/mol. The number of carbonyl (C=O) groups is 2. The summed E-state index contributed by atoms with van der Waals surface area (Å²) in [6.45, 7) is 4.61. The fraction of sp³-hybridized carbons (Fsp3) is 0.300. The summed E-state index contributed by atoms with van der Waals surface area (Å²) in [7, 11) is 1.61. The molecule has 2 aromatic carbocycles. The molecule has 0 atom stereocenters. The van der Waals surface area contributed by atoms with Gasteiger partial charge in [0.05, 0.1) is 6.61 Å². The lowest BCUT2D eigenvalue weighted by Gasteiger charge is -2.13. The molecule has 138 valence electrons. The van der Waals surface area contributed by atoms with Crippen LogP contribution in [0.3, 0.4) is 0 Å². The van der Waals surface area contributed by atoms with E-state index < -0.39 is 0 Å². The van der Waals surface area contributed by atoms with E-state index in [-0.39, 0.29) is 11.8 Å². The Morgan fingerprint density at radius 1 is 0.962 bits per heavy atom. The zero-order valence-corrected chi connectivity index (χ0v) is 15.3. The van der Waals surface area contributed by atoms with Crippen LogP contribution in [0.1, 0.15) is 29.3 Å². The lowest BCUT2D eigenvalue weighted by molar-refractivity contribution is -0.115. The second-order valence-electron chi connectivity index (χ2n) is 5.70. The van der Waals surface area contributed by atoms with Crippen LogP contribution in [0.5, 0.6) is 5.75 Å². The molecule has 2 amide bonds. The van der Waals surface area contributed by atoms with Gasteiger partial charge in [-0.15, -0.1) is 0 Å². The van der Waals surface area contributed by atoms with Crippen LogP contribution in [0, 0.1) is 6.92 Å². The SMILES string of the molecule is CCC(=O)Nc1cccc(NC(=O)c2ccc(OCCOC)cc2)c1C. The van der Waals surface area contributed by atoms with Gasteiger partial charge in [0.2, 0.25) is 5.91 Å². The van der Waals surface area contributed by atoms with Crippen molar-refractivity contribution in [3.8, 4) is 5.75 Å². The number of ether oxygens (including phenoxy) is 2. The van der Waals surface area contributed by atoms with E-state index in [0.29, 0.717) is 42.3 Å². The second kappa shape index (κ2) is 9.58. The number of rotatable bonds is 8. The minimum absolute atomic E-state index is 0.0689. The molecule has 0 saturated heterocycles. The van der Waals surface area contributed by atoms with Gasteiger partial charge in [0.1, 0.15) is 12.4 Å². The maximum atomic E-state index is 12.5. The highest BCUT2D eigenvalue weighted by atomic mass is 16.5. The van der Waals surface area contributed by atoms with Crippen molar-refractivity contribution >= 4 is 23.2 Å². The molecule has 2 aromatic rings. The van der Waals surface area contributed by atoms with E-state index in [4.69, 9.17) is 9.47 Å². The van der Waals surface area contributed by atoms with Gasteiger partial charge in [0.15, 0.2) is 0 Å². The molecule has 0 aliphatic rings. The minimum Gasteiger partial charge on any atom is -0.491 e. The Bertz CT molecular complexity index is 757. The molecule has 0 aliphatic carbocycles. The number of nitrogens with one attached hydrogen (secondary N) is 2. The molecular formula is C20H24N2O4.